The first-order chi connectivity index (χ1) is 13.0. The molecule has 0 bridgehead atoms. The minimum absolute atomic E-state index is 0.188. The van der Waals surface area contributed by atoms with Crippen molar-refractivity contribution in [3.05, 3.63) is 59.4 Å². The third kappa shape index (κ3) is 4.09. The molecule has 2 aromatic carbocycles. The van der Waals surface area contributed by atoms with E-state index in [2.05, 4.69) is 4.90 Å². The van der Waals surface area contributed by atoms with Gasteiger partial charge in [0.15, 0.2) is 0 Å². The molecule has 1 saturated heterocycles. The van der Waals surface area contributed by atoms with E-state index >= 15 is 0 Å². The van der Waals surface area contributed by atoms with Crippen molar-refractivity contribution >= 4 is 0 Å². The lowest BCUT2D eigenvalue weighted by Gasteiger charge is -2.23. The summed E-state index contributed by atoms with van der Waals surface area (Å²) in [5.74, 6) is 1.93. The second-order valence-electron chi connectivity index (χ2n) is 7.97. The zero-order valence-corrected chi connectivity index (χ0v) is 15.5. The average molecular weight is 371 g/mol. The third-order valence-electron chi connectivity index (χ3n) is 5.92. The number of halogens is 1. The maximum absolute atomic E-state index is 13.2. The van der Waals surface area contributed by atoms with Gasteiger partial charge < -0.3 is 14.9 Å². The van der Waals surface area contributed by atoms with Crippen molar-refractivity contribution in [2.24, 2.45) is 11.8 Å². The van der Waals surface area contributed by atoms with Crippen LogP contribution in [0.1, 0.15) is 30.1 Å². The zero-order valence-electron chi connectivity index (χ0n) is 15.5. The molecule has 2 fully saturated rings. The molecular weight excluding hydrogens is 345 g/mol. The molecule has 4 nitrogen and oxygen atoms in total. The predicted molar refractivity (Wildman–Crippen MR) is 101 cm³/mol. The number of rotatable bonds is 5. The molecule has 2 N–H and O–H groups in total. The lowest BCUT2D eigenvalue weighted by molar-refractivity contribution is 0.116. The smallest absolute Gasteiger partial charge is 0.123 e. The predicted octanol–water partition coefficient (Wildman–Crippen LogP) is 3.66. The van der Waals surface area contributed by atoms with Crippen LogP contribution in [0.15, 0.2) is 42.5 Å². The number of fused-ring (bicyclic) bond motifs is 1. The molecule has 5 heteroatoms. The molecule has 1 heterocycles. The molecule has 0 radical (unpaired) electrons. The van der Waals surface area contributed by atoms with Gasteiger partial charge in [-0.2, -0.15) is 0 Å². The molecule has 4 rings (SSSR count). The minimum atomic E-state index is -0.543. The van der Waals surface area contributed by atoms with Crippen molar-refractivity contribution in [3.63, 3.8) is 0 Å². The first-order valence-corrected chi connectivity index (χ1v) is 9.60. The van der Waals surface area contributed by atoms with Gasteiger partial charge in [0, 0.05) is 19.6 Å². The zero-order chi connectivity index (χ0) is 19.0. The highest BCUT2D eigenvalue weighted by atomic mass is 19.1. The summed E-state index contributed by atoms with van der Waals surface area (Å²) in [5.41, 5.74) is 1.67. The number of β-amino-alcohol motifs (C(OH)–C–C–N with tert-alkyl or cyclic N) is 1. The second kappa shape index (κ2) is 7.49. The van der Waals surface area contributed by atoms with Crippen LogP contribution in [0.25, 0.3) is 0 Å². The van der Waals surface area contributed by atoms with Gasteiger partial charge >= 0.3 is 0 Å². The molecule has 2 unspecified atom stereocenters. The Morgan fingerprint density at radius 1 is 1.11 bits per heavy atom. The van der Waals surface area contributed by atoms with Crippen molar-refractivity contribution in [2.45, 2.75) is 32.0 Å². The van der Waals surface area contributed by atoms with Crippen LogP contribution in [-0.2, 0) is 0 Å². The molecule has 1 aliphatic carbocycles. The van der Waals surface area contributed by atoms with E-state index in [-0.39, 0.29) is 17.7 Å². The number of benzene rings is 2. The molecule has 2 aromatic rings. The number of hydrogen-bond acceptors (Lipinski definition) is 4. The fourth-order valence-electron chi connectivity index (χ4n) is 4.56. The number of aromatic hydroxyl groups is 1. The summed E-state index contributed by atoms with van der Waals surface area (Å²) < 4.78 is 19.4. The minimum Gasteiger partial charge on any atom is -0.508 e. The highest BCUT2D eigenvalue weighted by Gasteiger charge is 2.42. The Morgan fingerprint density at radius 3 is 2.41 bits per heavy atom. The number of aliphatic hydroxyl groups excluding tert-OH is 1. The van der Waals surface area contributed by atoms with Crippen LogP contribution in [0, 0.1) is 24.6 Å². The van der Waals surface area contributed by atoms with Crippen LogP contribution in [0.2, 0.25) is 0 Å². The third-order valence-corrected chi connectivity index (χ3v) is 5.92. The summed E-state index contributed by atoms with van der Waals surface area (Å²) in [5, 5.41) is 19.8. The van der Waals surface area contributed by atoms with Gasteiger partial charge in [0.25, 0.3) is 0 Å². The molecule has 144 valence electrons. The van der Waals surface area contributed by atoms with Crippen LogP contribution >= 0.6 is 0 Å². The summed E-state index contributed by atoms with van der Waals surface area (Å²) in [6.07, 6.45) is 1.66. The van der Waals surface area contributed by atoms with E-state index in [1.807, 2.05) is 6.92 Å². The largest absolute Gasteiger partial charge is 0.508 e. The van der Waals surface area contributed by atoms with E-state index in [1.54, 1.807) is 30.3 Å². The van der Waals surface area contributed by atoms with Gasteiger partial charge in [-0.3, -0.25) is 4.90 Å². The number of nitrogens with zero attached hydrogens (tertiary/aromatic N) is 1. The number of aliphatic hydroxyl groups is 1. The van der Waals surface area contributed by atoms with E-state index in [1.165, 1.54) is 12.1 Å². The van der Waals surface area contributed by atoms with Crippen LogP contribution in [0.3, 0.4) is 0 Å². The van der Waals surface area contributed by atoms with E-state index < -0.39 is 6.10 Å². The highest BCUT2D eigenvalue weighted by molar-refractivity contribution is 5.33. The van der Waals surface area contributed by atoms with Gasteiger partial charge in [0.05, 0.1) is 12.2 Å². The quantitative estimate of drug-likeness (QED) is 0.842. The van der Waals surface area contributed by atoms with Crippen LogP contribution in [-0.4, -0.2) is 40.9 Å². The van der Waals surface area contributed by atoms with E-state index in [0.717, 1.165) is 42.8 Å². The Bertz CT molecular complexity index is 781. The fraction of sp³-hybridized carbons (Fsp3) is 0.455. The van der Waals surface area contributed by atoms with Gasteiger partial charge in [-0.15, -0.1) is 0 Å². The van der Waals surface area contributed by atoms with Crippen LogP contribution in [0.5, 0.6) is 11.5 Å². The summed E-state index contributed by atoms with van der Waals surface area (Å²) in [6, 6.07) is 11.4. The van der Waals surface area contributed by atoms with Crippen molar-refractivity contribution < 1.29 is 19.3 Å². The second-order valence-corrected chi connectivity index (χ2v) is 7.97. The molecule has 1 aliphatic heterocycles. The number of phenolic OH excluding ortho intramolecular Hbond substituents is 1. The van der Waals surface area contributed by atoms with Crippen LogP contribution < -0.4 is 4.74 Å². The molecule has 0 amide bonds. The maximum atomic E-state index is 13.2. The highest BCUT2D eigenvalue weighted by Crippen LogP contribution is 2.40. The monoisotopic (exact) mass is 371 g/mol. The molecule has 2 aliphatic rings. The van der Waals surface area contributed by atoms with Crippen molar-refractivity contribution in [2.75, 3.05) is 19.6 Å². The number of aryl methyl sites for hydroxylation is 1. The summed E-state index contributed by atoms with van der Waals surface area (Å²) in [7, 11) is 0. The lowest BCUT2D eigenvalue weighted by Crippen LogP contribution is -2.29. The van der Waals surface area contributed by atoms with Crippen molar-refractivity contribution in [1.82, 2.24) is 4.90 Å². The Balaban J connectivity index is 1.29. The SMILES string of the molecule is Cc1cc(F)ccc1OC1C[C@@H]2CN(CC(O)c3ccc(O)cc3)C[C@@H]2C1. The average Bonchev–Trinajstić information content (AvgIpc) is 3.15. The lowest BCUT2D eigenvalue weighted by atomic mass is 10.0. The van der Waals surface area contributed by atoms with Crippen molar-refractivity contribution in [1.29, 1.82) is 0 Å². The van der Waals surface area contributed by atoms with Crippen LogP contribution in [0.4, 0.5) is 4.39 Å². The fourth-order valence-corrected chi connectivity index (χ4v) is 4.56. The van der Waals surface area contributed by atoms with E-state index in [0.29, 0.717) is 18.4 Å². The van der Waals surface area contributed by atoms with Gasteiger partial charge in [-0.05, 0) is 73.1 Å². The van der Waals surface area contributed by atoms with E-state index in [4.69, 9.17) is 4.74 Å². The summed E-state index contributed by atoms with van der Waals surface area (Å²) >= 11 is 0. The van der Waals surface area contributed by atoms with Crippen molar-refractivity contribution in [3.8, 4) is 11.5 Å². The maximum Gasteiger partial charge on any atom is 0.123 e. The molecule has 4 atom stereocenters. The number of likely N-dealkylation sites (tertiary alicyclic amines) is 1. The Labute approximate surface area is 159 Å². The summed E-state index contributed by atoms with van der Waals surface area (Å²) in [4.78, 5) is 2.33. The molecule has 27 heavy (non-hydrogen) atoms. The summed E-state index contributed by atoms with van der Waals surface area (Å²) in [6.45, 7) is 4.44. The van der Waals surface area contributed by atoms with E-state index in [9.17, 15) is 14.6 Å². The standard InChI is InChI=1S/C22H26FNO3/c1-14-8-18(23)4-7-22(14)27-20-9-16-11-24(12-17(16)10-20)13-21(26)15-2-5-19(25)6-3-15/h2-8,16-17,20-21,25-26H,9-13H2,1H3/t16-,17+,20?,21?. The number of ether oxygens (including phenoxy) is 1. The number of phenols is 1. The Morgan fingerprint density at radius 2 is 1.78 bits per heavy atom. The Hall–Kier alpha value is -2.11. The van der Waals surface area contributed by atoms with Gasteiger partial charge in [-0.25, -0.2) is 4.39 Å². The molecule has 1 saturated carbocycles. The first kappa shape index (κ1) is 18.3. The molecular formula is C22H26FNO3. The Kier molecular flexibility index (Phi) is 5.06. The van der Waals surface area contributed by atoms with Gasteiger partial charge in [0.1, 0.15) is 17.3 Å². The molecule has 0 aromatic heterocycles. The van der Waals surface area contributed by atoms with Gasteiger partial charge in [-0.1, -0.05) is 12.1 Å². The number of hydrogen-bond donors (Lipinski definition) is 2. The normalized spacial score (nSPS) is 26.1. The van der Waals surface area contributed by atoms with Gasteiger partial charge in [0.2, 0.25) is 0 Å². The topological polar surface area (TPSA) is 52.9 Å². The first-order valence-electron chi connectivity index (χ1n) is 9.60. The molecule has 0 spiro atoms.